The van der Waals surface area contributed by atoms with Crippen LogP contribution in [0.5, 0.6) is 0 Å². The molecular formula is C14H23N. The quantitative estimate of drug-likeness (QED) is 0.747. The SMILES string of the molecule is C1C2CC3CC1CC(C2)C3CNC1CC1. The molecule has 0 amide bonds. The number of hydrogen-bond donors (Lipinski definition) is 1. The smallest absolute Gasteiger partial charge is 0.00683 e. The van der Waals surface area contributed by atoms with E-state index in [0.29, 0.717) is 0 Å². The van der Waals surface area contributed by atoms with E-state index in [-0.39, 0.29) is 0 Å². The van der Waals surface area contributed by atoms with Gasteiger partial charge in [0, 0.05) is 6.04 Å². The minimum Gasteiger partial charge on any atom is -0.314 e. The van der Waals surface area contributed by atoms with E-state index in [0.717, 1.165) is 35.6 Å². The zero-order valence-corrected chi connectivity index (χ0v) is 9.62. The summed E-state index contributed by atoms with van der Waals surface area (Å²) in [5, 5.41) is 3.78. The molecule has 0 saturated heterocycles. The third-order valence-corrected chi connectivity index (χ3v) is 5.64. The van der Waals surface area contributed by atoms with E-state index in [1.165, 1.54) is 19.4 Å². The number of rotatable bonds is 3. The summed E-state index contributed by atoms with van der Waals surface area (Å²) in [5.74, 6) is 5.59. The average molecular weight is 205 g/mol. The zero-order chi connectivity index (χ0) is 9.83. The van der Waals surface area contributed by atoms with Gasteiger partial charge in [0.25, 0.3) is 0 Å². The van der Waals surface area contributed by atoms with E-state index < -0.39 is 0 Å². The second-order valence-corrected chi connectivity index (χ2v) is 6.78. The van der Waals surface area contributed by atoms with Crippen molar-refractivity contribution in [3.8, 4) is 0 Å². The second kappa shape index (κ2) is 3.23. The van der Waals surface area contributed by atoms with Crippen molar-refractivity contribution in [2.75, 3.05) is 6.54 Å². The van der Waals surface area contributed by atoms with Crippen molar-refractivity contribution in [2.24, 2.45) is 29.6 Å². The maximum atomic E-state index is 3.78. The van der Waals surface area contributed by atoms with Crippen LogP contribution in [0.3, 0.4) is 0 Å². The Labute approximate surface area is 93.0 Å². The molecule has 0 aromatic heterocycles. The first-order valence-corrected chi connectivity index (χ1v) is 7.12. The minimum absolute atomic E-state index is 0.919. The summed E-state index contributed by atoms with van der Waals surface area (Å²) < 4.78 is 0. The summed E-state index contributed by atoms with van der Waals surface area (Å²) >= 11 is 0. The molecule has 0 aromatic rings. The summed E-state index contributed by atoms with van der Waals surface area (Å²) in [6, 6.07) is 0.919. The van der Waals surface area contributed by atoms with Crippen molar-refractivity contribution in [1.82, 2.24) is 5.32 Å². The molecule has 0 heterocycles. The molecule has 5 saturated carbocycles. The van der Waals surface area contributed by atoms with Crippen molar-refractivity contribution in [1.29, 1.82) is 0 Å². The maximum absolute atomic E-state index is 3.78. The lowest BCUT2D eigenvalue weighted by Crippen LogP contribution is -2.48. The van der Waals surface area contributed by atoms with Crippen LogP contribution in [0.4, 0.5) is 0 Å². The van der Waals surface area contributed by atoms with Gasteiger partial charge in [-0.2, -0.15) is 0 Å². The fraction of sp³-hybridized carbons (Fsp3) is 1.00. The molecule has 0 spiro atoms. The van der Waals surface area contributed by atoms with Gasteiger partial charge >= 0.3 is 0 Å². The average Bonchev–Trinajstić information content (AvgIpc) is 2.99. The molecule has 0 atom stereocenters. The summed E-state index contributed by atoms with van der Waals surface area (Å²) in [5.41, 5.74) is 0. The monoisotopic (exact) mass is 205 g/mol. The Kier molecular flexibility index (Phi) is 1.94. The molecular weight excluding hydrogens is 182 g/mol. The molecule has 5 rings (SSSR count). The van der Waals surface area contributed by atoms with Crippen LogP contribution in [-0.2, 0) is 0 Å². The van der Waals surface area contributed by atoms with E-state index in [2.05, 4.69) is 5.32 Å². The van der Waals surface area contributed by atoms with E-state index in [4.69, 9.17) is 0 Å². The third-order valence-electron chi connectivity index (χ3n) is 5.64. The number of nitrogens with one attached hydrogen (secondary N) is 1. The molecule has 1 heteroatoms. The summed E-state index contributed by atoms with van der Waals surface area (Å²) in [6.07, 6.45) is 10.8. The summed E-state index contributed by atoms with van der Waals surface area (Å²) in [6.45, 7) is 1.36. The van der Waals surface area contributed by atoms with Gasteiger partial charge in [0.2, 0.25) is 0 Å². The topological polar surface area (TPSA) is 12.0 Å². The Bertz CT molecular complexity index is 228. The van der Waals surface area contributed by atoms with Crippen LogP contribution in [0.25, 0.3) is 0 Å². The highest BCUT2D eigenvalue weighted by Gasteiger charge is 2.47. The molecule has 4 bridgehead atoms. The highest BCUT2D eigenvalue weighted by Crippen LogP contribution is 2.56. The van der Waals surface area contributed by atoms with Crippen molar-refractivity contribution in [3.05, 3.63) is 0 Å². The lowest BCUT2D eigenvalue weighted by atomic mass is 9.52. The lowest BCUT2D eigenvalue weighted by Gasteiger charge is -2.54. The Morgan fingerprint density at radius 2 is 1.40 bits per heavy atom. The van der Waals surface area contributed by atoms with Crippen LogP contribution in [0.15, 0.2) is 0 Å². The molecule has 0 unspecified atom stereocenters. The Morgan fingerprint density at radius 1 is 0.800 bits per heavy atom. The predicted molar refractivity (Wildman–Crippen MR) is 61.6 cm³/mol. The van der Waals surface area contributed by atoms with Crippen molar-refractivity contribution in [3.63, 3.8) is 0 Å². The Morgan fingerprint density at radius 3 is 1.93 bits per heavy atom. The van der Waals surface area contributed by atoms with Crippen molar-refractivity contribution < 1.29 is 0 Å². The standard InChI is InChI=1S/C14H23N/c1-2-13(1)15-8-14-11-4-9-3-10(6-11)7-12(14)5-9/h9-15H,1-8H2. The third kappa shape index (κ3) is 1.54. The Hall–Kier alpha value is -0.0400. The normalized spacial score (nSPS) is 52.4. The van der Waals surface area contributed by atoms with Gasteiger partial charge in [-0.25, -0.2) is 0 Å². The fourth-order valence-corrected chi connectivity index (χ4v) is 4.96. The van der Waals surface area contributed by atoms with Crippen LogP contribution < -0.4 is 5.32 Å². The first-order chi connectivity index (χ1) is 7.38. The van der Waals surface area contributed by atoms with Crippen LogP contribution >= 0.6 is 0 Å². The van der Waals surface area contributed by atoms with E-state index in [1.807, 2.05) is 0 Å². The molecule has 84 valence electrons. The van der Waals surface area contributed by atoms with Gasteiger partial charge in [-0.15, -0.1) is 0 Å². The first kappa shape index (κ1) is 9.04. The fourth-order valence-electron chi connectivity index (χ4n) is 4.96. The molecule has 1 N–H and O–H groups in total. The van der Waals surface area contributed by atoms with Gasteiger partial charge in [-0.1, -0.05) is 0 Å². The van der Waals surface area contributed by atoms with E-state index >= 15 is 0 Å². The van der Waals surface area contributed by atoms with Gasteiger partial charge in [0.1, 0.15) is 0 Å². The second-order valence-electron chi connectivity index (χ2n) is 6.78. The number of hydrogen-bond acceptors (Lipinski definition) is 1. The molecule has 5 aliphatic rings. The van der Waals surface area contributed by atoms with Gasteiger partial charge < -0.3 is 5.32 Å². The minimum atomic E-state index is 0.919. The van der Waals surface area contributed by atoms with E-state index in [9.17, 15) is 0 Å². The molecule has 0 aromatic carbocycles. The largest absolute Gasteiger partial charge is 0.314 e. The van der Waals surface area contributed by atoms with Gasteiger partial charge in [0.15, 0.2) is 0 Å². The van der Waals surface area contributed by atoms with Crippen LogP contribution in [0.2, 0.25) is 0 Å². The molecule has 15 heavy (non-hydrogen) atoms. The molecule has 0 aliphatic heterocycles. The maximum Gasteiger partial charge on any atom is 0.00683 e. The summed E-state index contributed by atoms with van der Waals surface area (Å²) in [7, 11) is 0. The Balaban J connectivity index is 1.45. The molecule has 0 radical (unpaired) electrons. The molecule has 5 aliphatic carbocycles. The van der Waals surface area contributed by atoms with E-state index in [1.54, 1.807) is 32.1 Å². The predicted octanol–water partition coefficient (Wildman–Crippen LogP) is 2.81. The zero-order valence-electron chi connectivity index (χ0n) is 9.62. The summed E-state index contributed by atoms with van der Waals surface area (Å²) in [4.78, 5) is 0. The first-order valence-electron chi connectivity index (χ1n) is 7.12. The van der Waals surface area contributed by atoms with Crippen molar-refractivity contribution >= 4 is 0 Å². The van der Waals surface area contributed by atoms with Crippen LogP contribution in [-0.4, -0.2) is 12.6 Å². The lowest BCUT2D eigenvalue weighted by molar-refractivity contribution is -0.0355. The molecule has 5 fully saturated rings. The van der Waals surface area contributed by atoms with Crippen LogP contribution in [0.1, 0.15) is 44.9 Å². The highest BCUT2D eigenvalue weighted by molar-refractivity contribution is 4.99. The van der Waals surface area contributed by atoms with Gasteiger partial charge in [0.05, 0.1) is 0 Å². The van der Waals surface area contributed by atoms with Crippen molar-refractivity contribution in [2.45, 2.75) is 51.0 Å². The van der Waals surface area contributed by atoms with Crippen LogP contribution in [0, 0.1) is 29.6 Å². The highest BCUT2D eigenvalue weighted by atomic mass is 15.0. The molecule has 1 nitrogen and oxygen atoms in total. The van der Waals surface area contributed by atoms with Gasteiger partial charge in [-0.3, -0.25) is 0 Å². The van der Waals surface area contributed by atoms with Gasteiger partial charge in [-0.05, 0) is 81.1 Å².